The number of rotatable bonds is 5. The van der Waals surface area contributed by atoms with Gasteiger partial charge < -0.3 is 10.3 Å². The highest BCUT2D eigenvalue weighted by Crippen LogP contribution is 2.12. The number of hydrogen-bond acceptors (Lipinski definition) is 3. The summed E-state index contributed by atoms with van der Waals surface area (Å²) in [4.78, 5) is 24.1. The van der Waals surface area contributed by atoms with Crippen LogP contribution in [0, 0.1) is 10.1 Å². The third-order valence-corrected chi connectivity index (χ3v) is 2.36. The fraction of sp³-hybridized carbons (Fsp3) is 0.500. The molecule has 94 valence electrons. The van der Waals surface area contributed by atoms with Crippen molar-refractivity contribution in [3.8, 4) is 0 Å². The van der Waals surface area contributed by atoms with Gasteiger partial charge >= 0.3 is 0 Å². The minimum Gasteiger partial charge on any atom is -0.351 e. The number of halogens is 1. The van der Waals surface area contributed by atoms with E-state index in [1.807, 2.05) is 13.8 Å². The fourth-order valence-electron chi connectivity index (χ4n) is 1.47. The lowest BCUT2D eigenvalue weighted by atomic mass is 10.2. The second kappa shape index (κ2) is 5.67. The van der Waals surface area contributed by atoms with Gasteiger partial charge in [0, 0.05) is 17.5 Å². The molecule has 0 aliphatic rings. The maximum atomic E-state index is 11.7. The van der Waals surface area contributed by atoms with Crippen molar-refractivity contribution in [1.29, 1.82) is 0 Å². The van der Waals surface area contributed by atoms with Crippen molar-refractivity contribution >= 4 is 23.2 Å². The van der Waals surface area contributed by atoms with E-state index >= 15 is 0 Å². The maximum Gasteiger partial charge on any atom is 0.287 e. The molecule has 0 aromatic carbocycles. The zero-order valence-electron chi connectivity index (χ0n) is 9.57. The Hall–Kier alpha value is -1.56. The number of aromatic amines is 1. The molecule has 2 unspecified atom stereocenters. The van der Waals surface area contributed by atoms with E-state index in [1.165, 1.54) is 12.3 Å². The van der Waals surface area contributed by atoms with E-state index in [9.17, 15) is 14.9 Å². The molecule has 2 atom stereocenters. The Balaban J connectivity index is 2.60. The second-order valence-electron chi connectivity index (χ2n) is 3.92. The zero-order chi connectivity index (χ0) is 13.0. The first-order valence-corrected chi connectivity index (χ1v) is 5.61. The summed E-state index contributed by atoms with van der Waals surface area (Å²) in [6, 6.07) is 1.11. The first-order valence-electron chi connectivity index (χ1n) is 5.18. The molecular weight excluding hydrogens is 246 g/mol. The number of nitrogens with zero attached hydrogens (tertiary/aromatic N) is 1. The molecule has 6 nitrogen and oxygen atoms in total. The van der Waals surface area contributed by atoms with Crippen molar-refractivity contribution in [2.75, 3.05) is 0 Å². The molecule has 0 aliphatic heterocycles. The summed E-state index contributed by atoms with van der Waals surface area (Å²) >= 11 is 5.80. The van der Waals surface area contributed by atoms with Crippen LogP contribution in [0.15, 0.2) is 12.3 Å². The van der Waals surface area contributed by atoms with E-state index in [0.29, 0.717) is 6.42 Å². The molecular formula is C10H14ClN3O3. The molecule has 0 bridgehead atoms. The van der Waals surface area contributed by atoms with Crippen LogP contribution in [0.5, 0.6) is 0 Å². The van der Waals surface area contributed by atoms with E-state index in [1.54, 1.807) is 0 Å². The fourth-order valence-corrected chi connectivity index (χ4v) is 1.73. The summed E-state index contributed by atoms with van der Waals surface area (Å²) in [5.41, 5.74) is 0.0410. The number of H-pyrrole nitrogens is 1. The highest BCUT2D eigenvalue weighted by atomic mass is 35.5. The number of alkyl halides is 1. The van der Waals surface area contributed by atoms with Crippen LogP contribution in [0.3, 0.4) is 0 Å². The molecule has 1 rings (SSSR count). The van der Waals surface area contributed by atoms with Crippen LogP contribution < -0.4 is 5.32 Å². The van der Waals surface area contributed by atoms with Crippen molar-refractivity contribution in [3.63, 3.8) is 0 Å². The Morgan fingerprint density at radius 1 is 1.65 bits per heavy atom. The third kappa shape index (κ3) is 4.07. The monoisotopic (exact) mass is 259 g/mol. The van der Waals surface area contributed by atoms with Crippen LogP contribution in [0.25, 0.3) is 0 Å². The number of carbonyl (C=O) groups is 1. The number of nitro groups is 1. The lowest BCUT2D eigenvalue weighted by Crippen LogP contribution is -2.34. The van der Waals surface area contributed by atoms with E-state index < -0.39 is 4.92 Å². The number of nitrogens with one attached hydrogen (secondary N) is 2. The van der Waals surface area contributed by atoms with E-state index in [4.69, 9.17) is 11.6 Å². The van der Waals surface area contributed by atoms with Crippen molar-refractivity contribution in [1.82, 2.24) is 10.3 Å². The molecule has 0 fully saturated rings. The van der Waals surface area contributed by atoms with Crippen LogP contribution in [-0.2, 0) is 0 Å². The predicted octanol–water partition coefficient (Wildman–Crippen LogP) is 2.06. The number of hydrogen-bond donors (Lipinski definition) is 2. The third-order valence-electron chi connectivity index (χ3n) is 2.18. The van der Waals surface area contributed by atoms with Crippen LogP contribution in [0.4, 0.5) is 5.69 Å². The van der Waals surface area contributed by atoms with E-state index in [0.717, 1.165) is 0 Å². The van der Waals surface area contributed by atoms with Crippen molar-refractivity contribution in [2.45, 2.75) is 31.7 Å². The van der Waals surface area contributed by atoms with Gasteiger partial charge in [-0.05, 0) is 20.3 Å². The molecule has 0 saturated heterocycles. The molecule has 0 spiro atoms. The van der Waals surface area contributed by atoms with Gasteiger partial charge in [-0.25, -0.2) is 0 Å². The quantitative estimate of drug-likeness (QED) is 0.482. The molecule has 0 saturated carbocycles. The van der Waals surface area contributed by atoms with E-state index in [2.05, 4.69) is 10.3 Å². The molecule has 1 heterocycles. The normalized spacial score (nSPS) is 14.1. The first kappa shape index (κ1) is 13.5. The van der Waals surface area contributed by atoms with Gasteiger partial charge in [-0.1, -0.05) is 0 Å². The second-order valence-corrected chi connectivity index (χ2v) is 4.66. The number of carbonyl (C=O) groups excluding carboxylic acids is 1. The Bertz CT molecular complexity index is 417. The van der Waals surface area contributed by atoms with Gasteiger partial charge in [0.2, 0.25) is 0 Å². The molecule has 2 N–H and O–H groups in total. The summed E-state index contributed by atoms with van der Waals surface area (Å²) in [6.07, 6.45) is 1.82. The van der Waals surface area contributed by atoms with Gasteiger partial charge in [0.05, 0.1) is 11.1 Å². The van der Waals surface area contributed by atoms with Gasteiger partial charge in [-0.15, -0.1) is 11.6 Å². The molecule has 1 aromatic heterocycles. The van der Waals surface area contributed by atoms with Crippen molar-refractivity contribution < 1.29 is 9.72 Å². The summed E-state index contributed by atoms with van der Waals surface area (Å²) in [5, 5.41) is 13.1. The van der Waals surface area contributed by atoms with Crippen molar-refractivity contribution in [2.24, 2.45) is 0 Å². The molecule has 1 amide bonds. The van der Waals surface area contributed by atoms with Crippen LogP contribution >= 0.6 is 11.6 Å². The Morgan fingerprint density at radius 2 is 2.29 bits per heavy atom. The van der Waals surface area contributed by atoms with Gasteiger partial charge in [-0.3, -0.25) is 14.9 Å². The molecule has 0 aliphatic carbocycles. The standard InChI is InChI=1S/C10H14ClN3O3/c1-6(11)3-7(2)13-10(15)9-4-8(5-12-9)14(16)17/h4-7,12H,3H2,1-2H3,(H,13,15). The van der Waals surface area contributed by atoms with Gasteiger partial charge in [0.1, 0.15) is 5.69 Å². The van der Waals surface area contributed by atoms with Crippen molar-refractivity contribution in [3.05, 3.63) is 28.1 Å². The summed E-state index contributed by atoms with van der Waals surface area (Å²) in [6.45, 7) is 3.66. The van der Waals surface area contributed by atoms with Gasteiger partial charge in [-0.2, -0.15) is 0 Å². The Kier molecular flexibility index (Phi) is 4.51. The minimum absolute atomic E-state index is 0.0386. The SMILES string of the molecule is CC(Cl)CC(C)NC(=O)c1cc([N+](=O)[O-])c[nH]1. The van der Waals surface area contributed by atoms with Crippen LogP contribution in [0.1, 0.15) is 30.8 Å². The Morgan fingerprint density at radius 3 is 2.76 bits per heavy atom. The smallest absolute Gasteiger partial charge is 0.287 e. The summed E-state index contributed by atoms with van der Waals surface area (Å²) < 4.78 is 0. The van der Waals surface area contributed by atoms with Crippen LogP contribution in [-0.4, -0.2) is 27.2 Å². The highest BCUT2D eigenvalue weighted by molar-refractivity contribution is 6.20. The Labute approximate surface area is 103 Å². The summed E-state index contributed by atoms with van der Waals surface area (Å²) in [5.74, 6) is -0.372. The predicted molar refractivity (Wildman–Crippen MR) is 64.3 cm³/mol. The lowest BCUT2D eigenvalue weighted by molar-refractivity contribution is -0.384. The highest BCUT2D eigenvalue weighted by Gasteiger charge is 2.16. The first-order chi connectivity index (χ1) is 7.90. The van der Waals surface area contributed by atoms with Gasteiger partial charge in [0.15, 0.2) is 0 Å². The molecule has 0 radical (unpaired) electrons. The zero-order valence-corrected chi connectivity index (χ0v) is 10.3. The molecule has 17 heavy (non-hydrogen) atoms. The molecule has 1 aromatic rings. The number of amides is 1. The lowest BCUT2D eigenvalue weighted by Gasteiger charge is -2.14. The summed E-state index contributed by atoms with van der Waals surface area (Å²) in [7, 11) is 0. The number of aromatic nitrogens is 1. The average molecular weight is 260 g/mol. The largest absolute Gasteiger partial charge is 0.351 e. The maximum absolute atomic E-state index is 11.7. The van der Waals surface area contributed by atoms with Gasteiger partial charge in [0.25, 0.3) is 11.6 Å². The van der Waals surface area contributed by atoms with Crippen LogP contribution in [0.2, 0.25) is 0 Å². The molecule has 7 heteroatoms. The minimum atomic E-state index is -0.558. The topological polar surface area (TPSA) is 88.0 Å². The van der Waals surface area contributed by atoms with E-state index in [-0.39, 0.29) is 28.7 Å². The average Bonchev–Trinajstić information content (AvgIpc) is 2.64.